The van der Waals surface area contributed by atoms with Crippen LogP contribution in [0.25, 0.3) is 22.2 Å². The molecule has 34 heavy (non-hydrogen) atoms. The first-order valence-corrected chi connectivity index (χ1v) is 11.7. The van der Waals surface area contributed by atoms with Gasteiger partial charge in [0.15, 0.2) is 0 Å². The van der Waals surface area contributed by atoms with Gasteiger partial charge in [-0.2, -0.15) is 5.26 Å². The maximum absolute atomic E-state index is 12.2. The first-order valence-electron chi connectivity index (χ1n) is 11.7. The van der Waals surface area contributed by atoms with Gasteiger partial charge in [-0.15, -0.1) is 0 Å². The van der Waals surface area contributed by atoms with E-state index in [9.17, 15) is 10.1 Å². The lowest BCUT2D eigenvalue weighted by Crippen LogP contribution is -2.21. The fourth-order valence-corrected chi connectivity index (χ4v) is 4.25. The van der Waals surface area contributed by atoms with Crippen LogP contribution in [0.15, 0.2) is 42.5 Å². The van der Waals surface area contributed by atoms with Gasteiger partial charge in [0.05, 0.1) is 23.4 Å². The second-order valence-electron chi connectivity index (χ2n) is 8.97. The van der Waals surface area contributed by atoms with E-state index in [4.69, 9.17) is 14.2 Å². The van der Waals surface area contributed by atoms with Gasteiger partial charge >= 0.3 is 6.09 Å². The first kappa shape index (κ1) is 23.7. The number of hydrogen-bond acceptors (Lipinski definition) is 5. The number of carbonyl (C=O) groups excluding carboxylic acids is 1. The number of amides is 1. The average molecular weight is 462 g/mol. The molecular formula is C27H31N3O4. The zero-order valence-electron chi connectivity index (χ0n) is 20.1. The lowest BCUT2D eigenvalue weighted by Gasteiger charge is -2.16. The van der Waals surface area contributed by atoms with E-state index in [1.54, 1.807) is 7.11 Å². The summed E-state index contributed by atoms with van der Waals surface area (Å²) >= 11 is 0. The molecule has 178 valence electrons. The van der Waals surface area contributed by atoms with Crippen LogP contribution in [0.5, 0.6) is 5.75 Å². The maximum atomic E-state index is 12.2. The minimum Gasteiger partial charge on any atom is -0.491 e. The third kappa shape index (κ3) is 5.02. The maximum Gasteiger partial charge on any atom is 0.411 e. The molecule has 1 aliphatic rings. The summed E-state index contributed by atoms with van der Waals surface area (Å²) in [5, 5.41) is 13.7. The quantitative estimate of drug-likeness (QED) is 0.387. The molecule has 1 aromatic heterocycles. The van der Waals surface area contributed by atoms with Crippen LogP contribution in [-0.2, 0) is 9.47 Å². The van der Waals surface area contributed by atoms with Crippen molar-refractivity contribution >= 4 is 22.7 Å². The monoisotopic (exact) mass is 461 g/mol. The molecule has 0 spiro atoms. The number of nitriles is 1. The molecule has 1 N–H and O–H groups in total. The van der Waals surface area contributed by atoms with Crippen molar-refractivity contribution in [3.63, 3.8) is 0 Å². The summed E-state index contributed by atoms with van der Waals surface area (Å²) in [5.74, 6) is 1.22. The smallest absolute Gasteiger partial charge is 0.411 e. The normalized spacial score (nSPS) is 14.1. The Balaban J connectivity index is 1.63. The summed E-state index contributed by atoms with van der Waals surface area (Å²) in [6.45, 7) is 7.08. The Hall–Kier alpha value is -3.50. The summed E-state index contributed by atoms with van der Waals surface area (Å²) in [6, 6.07) is 15.8. The Bertz CT molecular complexity index is 1200. The van der Waals surface area contributed by atoms with Crippen molar-refractivity contribution in [3.8, 4) is 23.1 Å². The lowest BCUT2D eigenvalue weighted by atomic mass is 10.1. The fraction of sp³-hybridized carbons (Fsp3) is 0.407. The molecular weight excluding hydrogens is 430 g/mol. The largest absolute Gasteiger partial charge is 0.491 e. The standard InChI is InChI=1S/C27H31N3O4/c1-17(2)30-25-15-22(33-14-13-32-4)11-12-23(25)24(16-28)26(30)20-7-9-21(10-8-20)29-27(31)34-18(3)19-5-6-19/h7-12,15,17-19H,5-6,13-14H2,1-4H3,(H,29,31)/t18-/m1/s1. The highest BCUT2D eigenvalue weighted by Crippen LogP contribution is 2.38. The van der Waals surface area contributed by atoms with Crippen LogP contribution in [-0.4, -0.2) is 37.1 Å². The van der Waals surface area contributed by atoms with Crippen LogP contribution in [0.2, 0.25) is 0 Å². The molecule has 1 aliphatic carbocycles. The molecule has 0 radical (unpaired) electrons. The molecule has 0 bridgehead atoms. The number of benzene rings is 2. The lowest BCUT2D eigenvalue weighted by molar-refractivity contribution is 0.108. The van der Waals surface area contributed by atoms with Crippen molar-refractivity contribution < 1.29 is 19.0 Å². The highest BCUT2D eigenvalue weighted by atomic mass is 16.6. The van der Waals surface area contributed by atoms with E-state index in [1.807, 2.05) is 49.4 Å². The zero-order valence-corrected chi connectivity index (χ0v) is 20.1. The number of nitrogens with one attached hydrogen (secondary N) is 1. The van der Waals surface area contributed by atoms with Gasteiger partial charge in [-0.05, 0) is 69.4 Å². The second-order valence-corrected chi connectivity index (χ2v) is 8.97. The second kappa shape index (κ2) is 10.2. The van der Waals surface area contributed by atoms with Crippen molar-refractivity contribution in [3.05, 3.63) is 48.0 Å². The van der Waals surface area contributed by atoms with E-state index in [2.05, 4.69) is 29.8 Å². The van der Waals surface area contributed by atoms with E-state index < -0.39 is 6.09 Å². The average Bonchev–Trinajstić information content (AvgIpc) is 3.61. The number of carbonyl (C=O) groups is 1. The van der Waals surface area contributed by atoms with E-state index in [-0.39, 0.29) is 12.1 Å². The Morgan fingerprint density at radius 2 is 1.88 bits per heavy atom. The predicted octanol–water partition coefficient (Wildman–Crippen LogP) is 6.13. The van der Waals surface area contributed by atoms with Gasteiger partial charge in [0.1, 0.15) is 24.5 Å². The number of methoxy groups -OCH3 is 1. The van der Waals surface area contributed by atoms with Crippen molar-refractivity contribution in [2.24, 2.45) is 5.92 Å². The van der Waals surface area contributed by atoms with Crippen LogP contribution in [0.3, 0.4) is 0 Å². The summed E-state index contributed by atoms with van der Waals surface area (Å²) in [7, 11) is 1.64. The molecule has 2 aromatic carbocycles. The summed E-state index contributed by atoms with van der Waals surface area (Å²) in [5.41, 5.74) is 3.95. The van der Waals surface area contributed by atoms with Crippen LogP contribution >= 0.6 is 0 Å². The van der Waals surface area contributed by atoms with E-state index in [1.165, 1.54) is 0 Å². The summed E-state index contributed by atoms with van der Waals surface area (Å²) < 4.78 is 18.5. The Labute approximate surface area is 200 Å². The number of rotatable bonds is 9. The first-order chi connectivity index (χ1) is 16.4. The molecule has 1 amide bonds. The number of hydrogen-bond donors (Lipinski definition) is 1. The molecule has 4 rings (SSSR count). The zero-order chi connectivity index (χ0) is 24.2. The topological polar surface area (TPSA) is 85.5 Å². The third-order valence-corrected chi connectivity index (χ3v) is 6.14. The third-order valence-electron chi connectivity index (χ3n) is 6.14. The summed E-state index contributed by atoms with van der Waals surface area (Å²) in [4.78, 5) is 12.2. The number of anilines is 1. The van der Waals surface area contributed by atoms with E-state index in [0.717, 1.165) is 40.8 Å². The van der Waals surface area contributed by atoms with Crippen LogP contribution in [0.1, 0.15) is 45.2 Å². The molecule has 1 fully saturated rings. The molecule has 1 saturated carbocycles. The molecule has 7 heteroatoms. The van der Waals surface area contributed by atoms with Crippen LogP contribution in [0.4, 0.5) is 10.5 Å². The van der Waals surface area contributed by atoms with Gasteiger partial charge in [-0.3, -0.25) is 5.32 Å². The van der Waals surface area contributed by atoms with Crippen LogP contribution in [0, 0.1) is 17.2 Å². The highest BCUT2D eigenvalue weighted by molar-refractivity contribution is 5.95. The predicted molar refractivity (Wildman–Crippen MR) is 132 cm³/mol. The van der Waals surface area contributed by atoms with Gasteiger partial charge in [-0.25, -0.2) is 4.79 Å². The molecule has 3 aromatic rings. The van der Waals surface area contributed by atoms with E-state index in [0.29, 0.717) is 30.4 Å². The Kier molecular flexibility index (Phi) is 7.09. The molecule has 1 heterocycles. The molecule has 0 unspecified atom stereocenters. The SMILES string of the molecule is COCCOc1ccc2c(C#N)c(-c3ccc(NC(=O)O[C@H](C)C4CC4)cc3)n(C(C)C)c2c1. The minimum absolute atomic E-state index is 0.0671. The molecule has 1 atom stereocenters. The van der Waals surface area contributed by atoms with Crippen molar-refractivity contribution in [1.82, 2.24) is 4.57 Å². The van der Waals surface area contributed by atoms with Gasteiger partial charge in [0.25, 0.3) is 0 Å². The van der Waals surface area contributed by atoms with Crippen molar-refractivity contribution in [2.75, 3.05) is 25.6 Å². The van der Waals surface area contributed by atoms with Gasteiger partial charge in [-0.1, -0.05) is 12.1 Å². The molecule has 0 aliphatic heterocycles. The van der Waals surface area contributed by atoms with Gasteiger partial charge in [0, 0.05) is 30.3 Å². The molecule has 0 saturated heterocycles. The van der Waals surface area contributed by atoms with Crippen LogP contribution < -0.4 is 10.1 Å². The Morgan fingerprint density at radius 1 is 1.15 bits per heavy atom. The van der Waals surface area contributed by atoms with E-state index >= 15 is 0 Å². The number of aromatic nitrogens is 1. The minimum atomic E-state index is -0.442. The van der Waals surface area contributed by atoms with Gasteiger partial charge in [0.2, 0.25) is 0 Å². The highest BCUT2D eigenvalue weighted by Gasteiger charge is 2.30. The number of fused-ring (bicyclic) bond motifs is 1. The van der Waals surface area contributed by atoms with Gasteiger partial charge < -0.3 is 18.8 Å². The Morgan fingerprint density at radius 3 is 2.50 bits per heavy atom. The fourth-order valence-electron chi connectivity index (χ4n) is 4.25. The molecule has 7 nitrogen and oxygen atoms in total. The van der Waals surface area contributed by atoms with Crippen molar-refractivity contribution in [1.29, 1.82) is 5.26 Å². The number of nitrogens with zero attached hydrogens (tertiary/aromatic N) is 2. The summed E-state index contributed by atoms with van der Waals surface area (Å²) in [6.07, 6.45) is 1.73. The van der Waals surface area contributed by atoms with Crippen molar-refractivity contribution in [2.45, 2.75) is 45.8 Å². The number of ether oxygens (including phenoxy) is 3.